The number of hydrogen-bond donors (Lipinski definition) is 5. The minimum Gasteiger partial charge on any atom is -0.394 e. The van der Waals surface area contributed by atoms with Crippen molar-refractivity contribution in [3.05, 3.63) is 24.3 Å². The molecular formula is C20H36O5. The van der Waals surface area contributed by atoms with E-state index in [-0.39, 0.29) is 18.4 Å². The molecule has 6 atom stereocenters. The Hall–Kier alpha value is -0.720. The highest BCUT2D eigenvalue weighted by atomic mass is 16.3. The fraction of sp³-hybridized carbons (Fsp3) is 0.800. The zero-order valence-electron chi connectivity index (χ0n) is 15.4. The molecule has 0 aromatic rings. The summed E-state index contributed by atoms with van der Waals surface area (Å²) in [6.07, 6.45) is 11.4. The van der Waals surface area contributed by atoms with Crippen LogP contribution >= 0.6 is 0 Å². The Balaban J connectivity index is 2.48. The standard InChI is InChI=1S/C20H36O5/c1-2-3-5-8-15(22)11-12-18-17(19(24)13-20(18)25)10-7-4-6-9-16(23)14-21/h4,7,11-12,15-25H,2-3,5-6,8-10,13-14H2,1H3/t15?,16?,17-,18-,19+,20-/m1/s1. The first-order valence-electron chi connectivity index (χ1n) is 9.66. The van der Waals surface area contributed by atoms with Crippen LogP contribution in [0.15, 0.2) is 24.3 Å². The highest BCUT2D eigenvalue weighted by Crippen LogP contribution is 2.36. The van der Waals surface area contributed by atoms with Crippen molar-refractivity contribution in [2.75, 3.05) is 6.61 Å². The van der Waals surface area contributed by atoms with Crippen molar-refractivity contribution in [3.63, 3.8) is 0 Å². The Labute approximate surface area is 151 Å². The highest BCUT2D eigenvalue weighted by molar-refractivity contribution is 5.06. The van der Waals surface area contributed by atoms with Gasteiger partial charge in [-0.2, -0.15) is 0 Å². The molecule has 0 saturated heterocycles. The predicted octanol–water partition coefficient (Wildman–Crippen LogP) is 1.92. The smallest absolute Gasteiger partial charge is 0.0773 e. The lowest BCUT2D eigenvalue weighted by Crippen LogP contribution is -2.20. The third kappa shape index (κ3) is 8.47. The minimum absolute atomic E-state index is 0.0619. The molecule has 5 N–H and O–H groups in total. The van der Waals surface area contributed by atoms with Gasteiger partial charge in [0.15, 0.2) is 0 Å². The van der Waals surface area contributed by atoms with E-state index in [0.717, 1.165) is 25.7 Å². The fourth-order valence-corrected chi connectivity index (χ4v) is 3.41. The lowest BCUT2D eigenvalue weighted by molar-refractivity contribution is 0.0891. The quantitative estimate of drug-likeness (QED) is 0.272. The van der Waals surface area contributed by atoms with E-state index in [1.165, 1.54) is 0 Å². The molecule has 1 aliphatic carbocycles. The summed E-state index contributed by atoms with van der Waals surface area (Å²) in [5.41, 5.74) is 0. The molecule has 1 saturated carbocycles. The Kier molecular flexibility index (Phi) is 11.3. The molecule has 5 nitrogen and oxygen atoms in total. The molecule has 146 valence electrons. The Bertz CT molecular complexity index is 396. The van der Waals surface area contributed by atoms with Gasteiger partial charge in [0, 0.05) is 12.3 Å². The van der Waals surface area contributed by atoms with Crippen LogP contribution in [-0.2, 0) is 0 Å². The molecule has 0 heterocycles. The maximum Gasteiger partial charge on any atom is 0.0773 e. The molecule has 25 heavy (non-hydrogen) atoms. The molecule has 0 amide bonds. The zero-order chi connectivity index (χ0) is 18.7. The lowest BCUT2D eigenvalue weighted by Gasteiger charge is -2.19. The molecule has 1 aliphatic rings. The van der Waals surface area contributed by atoms with Crippen molar-refractivity contribution in [2.45, 2.75) is 82.7 Å². The Morgan fingerprint density at radius 3 is 2.48 bits per heavy atom. The maximum absolute atomic E-state index is 10.2. The first-order valence-corrected chi connectivity index (χ1v) is 9.66. The summed E-state index contributed by atoms with van der Waals surface area (Å²) in [5, 5.41) is 48.4. The number of allylic oxidation sites excluding steroid dienone is 2. The lowest BCUT2D eigenvalue weighted by atomic mass is 9.89. The molecule has 0 aliphatic heterocycles. The van der Waals surface area contributed by atoms with Gasteiger partial charge in [-0.3, -0.25) is 0 Å². The summed E-state index contributed by atoms with van der Waals surface area (Å²) < 4.78 is 0. The highest BCUT2D eigenvalue weighted by Gasteiger charge is 2.39. The van der Waals surface area contributed by atoms with Crippen LogP contribution < -0.4 is 0 Å². The summed E-state index contributed by atoms with van der Waals surface area (Å²) >= 11 is 0. The van der Waals surface area contributed by atoms with E-state index in [2.05, 4.69) is 6.92 Å². The van der Waals surface area contributed by atoms with Gasteiger partial charge in [-0.05, 0) is 31.6 Å². The van der Waals surface area contributed by atoms with Gasteiger partial charge in [-0.25, -0.2) is 0 Å². The van der Waals surface area contributed by atoms with Gasteiger partial charge in [0.05, 0.1) is 31.0 Å². The minimum atomic E-state index is -0.687. The van der Waals surface area contributed by atoms with Crippen LogP contribution in [-0.4, -0.2) is 56.6 Å². The summed E-state index contributed by atoms with van der Waals surface area (Å²) in [6.45, 7) is 1.90. The van der Waals surface area contributed by atoms with Crippen LogP contribution in [0.1, 0.15) is 58.3 Å². The SMILES string of the molecule is CCCCCC(O)C=C[C@@H]1[C@@H](CC=CCCC(O)CO)[C@@H](O)C[C@H]1O. The Morgan fingerprint density at radius 1 is 1.04 bits per heavy atom. The first-order chi connectivity index (χ1) is 12.0. The van der Waals surface area contributed by atoms with Crippen molar-refractivity contribution in [1.29, 1.82) is 0 Å². The number of rotatable bonds is 12. The van der Waals surface area contributed by atoms with Crippen LogP contribution in [0.5, 0.6) is 0 Å². The summed E-state index contributed by atoms with van der Waals surface area (Å²) in [4.78, 5) is 0. The van der Waals surface area contributed by atoms with Crippen LogP contribution in [0.3, 0.4) is 0 Å². The van der Waals surface area contributed by atoms with Crippen molar-refractivity contribution in [1.82, 2.24) is 0 Å². The van der Waals surface area contributed by atoms with Crippen LogP contribution in [0.25, 0.3) is 0 Å². The fourth-order valence-electron chi connectivity index (χ4n) is 3.41. The molecule has 1 fully saturated rings. The number of aliphatic hydroxyl groups is 5. The van der Waals surface area contributed by atoms with Crippen molar-refractivity contribution >= 4 is 0 Å². The topological polar surface area (TPSA) is 101 Å². The van der Waals surface area contributed by atoms with E-state index >= 15 is 0 Å². The van der Waals surface area contributed by atoms with Gasteiger partial charge < -0.3 is 25.5 Å². The first kappa shape index (κ1) is 22.3. The van der Waals surface area contributed by atoms with Crippen LogP contribution in [0, 0.1) is 11.8 Å². The predicted molar refractivity (Wildman–Crippen MR) is 99.0 cm³/mol. The summed E-state index contributed by atoms with van der Waals surface area (Å²) in [5.74, 6) is -0.211. The van der Waals surface area contributed by atoms with E-state index in [4.69, 9.17) is 5.11 Å². The molecular weight excluding hydrogens is 320 g/mol. The van der Waals surface area contributed by atoms with E-state index in [9.17, 15) is 20.4 Å². The number of aliphatic hydroxyl groups excluding tert-OH is 5. The number of hydrogen-bond acceptors (Lipinski definition) is 5. The normalized spacial score (nSPS) is 29.7. The van der Waals surface area contributed by atoms with Gasteiger partial charge in [-0.1, -0.05) is 50.5 Å². The summed E-state index contributed by atoms with van der Waals surface area (Å²) in [7, 11) is 0. The van der Waals surface area contributed by atoms with E-state index < -0.39 is 24.4 Å². The number of unbranched alkanes of at least 4 members (excludes halogenated alkanes) is 2. The van der Waals surface area contributed by atoms with Gasteiger partial charge in [0.1, 0.15) is 0 Å². The third-order valence-corrected chi connectivity index (χ3v) is 5.03. The molecule has 0 aromatic carbocycles. The molecule has 0 radical (unpaired) electrons. The molecule has 5 heteroatoms. The summed E-state index contributed by atoms with van der Waals surface area (Å²) in [6, 6.07) is 0. The van der Waals surface area contributed by atoms with Crippen molar-refractivity contribution in [3.8, 4) is 0 Å². The molecule has 0 spiro atoms. The van der Waals surface area contributed by atoms with Crippen molar-refractivity contribution in [2.24, 2.45) is 11.8 Å². The average Bonchev–Trinajstić information content (AvgIpc) is 2.85. The maximum atomic E-state index is 10.2. The second-order valence-corrected chi connectivity index (χ2v) is 7.18. The zero-order valence-corrected chi connectivity index (χ0v) is 15.4. The van der Waals surface area contributed by atoms with E-state index in [1.807, 2.05) is 18.2 Å². The monoisotopic (exact) mass is 356 g/mol. The average molecular weight is 357 g/mol. The molecule has 2 unspecified atom stereocenters. The van der Waals surface area contributed by atoms with E-state index in [0.29, 0.717) is 25.7 Å². The van der Waals surface area contributed by atoms with Gasteiger partial charge >= 0.3 is 0 Å². The Morgan fingerprint density at radius 2 is 1.80 bits per heavy atom. The van der Waals surface area contributed by atoms with Crippen LogP contribution in [0.4, 0.5) is 0 Å². The molecule has 0 aromatic heterocycles. The van der Waals surface area contributed by atoms with Gasteiger partial charge in [0.2, 0.25) is 0 Å². The molecule has 0 bridgehead atoms. The third-order valence-electron chi connectivity index (χ3n) is 5.03. The largest absolute Gasteiger partial charge is 0.394 e. The second kappa shape index (κ2) is 12.6. The van der Waals surface area contributed by atoms with Crippen molar-refractivity contribution < 1.29 is 25.5 Å². The van der Waals surface area contributed by atoms with Gasteiger partial charge in [-0.15, -0.1) is 0 Å². The van der Waals surface area contributed by atoms with Gasteiger partial charge in [0.25, 0.3) is 0 Å². The van der Waals surface area contributed by atoms with Crippen LogP contribution in [0.2, 0.25) is 0 Å². The molecule has 1 rings (SSSR count). The second-order valence-electron chi connectivity index (χ2n) is 7.18. The van der Waals surface area contributed by atoms with E-state index in [1.54, 1.807) is 6.08 Å².